The van der Waals surface area contributed by atoms with E-state index in [1.165, 1.54) is 5.56 Å². The number of piperazine rings is 1. The van der Waals surface area contributed by atoms with Gasteiger partial charge in [0.2, 0.25) is 5.95 Å². The third-order valence-corrected chi connectivity index (χ3v) is 5.52. The molecule has 0 atom stereocenters. The van der Waals surface area contributed by atoms with Crippen LogP contribution in [0.15, 0.2) is 66.7 Å². The zero-order valence-corrected chi connectivity index (χ0v) is 17.3. The fraction of sp³-hybridized carbons (Fsp3) is 0.333. The first-order chi connectivity index (χ1) is 14.2. The summed E-state index contributed by atoms with van der Waals surface area (Å²) in [5.41, 5.74) is 3.35. The lowest BCUT2D eigenvalue weighted by Gasteiger charge is -2.35. The zero-order chi connectivity index (χ0) is 20.1. The van der Waals surface area contributed by atoms with E-state index < -0.39 is 0 Å². The lowest BCUT2D eigenvalue weighted by molar-refractivity contribution is 0.270. The Morgan fingerprint density at radius 3 is 2.17 bits per heavy atom. The molecule has 1 fully saturated rings. The number of nitrogens with zero attached hydrogens (tertiary/aromatic N) is 5. The molecule has 0 bridgehead atoms. The molecule has 0 spiro atoms. The number of anilines is 2. The molecule has 0 N–H and O–H groups in total. The molecule has 1 aliphatic rings. The van der Waals surface area contributed by atoms with Crippen LogP contribution in [0.1, 0.15) is 12.5 Å². The van der Waals surface area contributed by atoms with E-state index in [1.807, 2.05) is 12.1 Å². The molecule has 2 aromatic carbocycles. The van der Waals surface area contributed by atoms with Crippen LogP contribution < -0.4 is 9.80 Å². The number of benzene rings is 2. The van der Waals surface area contributed by atoms with E-state index in [4.69, 9.17) is 9.97 Å². The van der Waals surface area contributed by atoms with Gasteiger partial charge in [0.05, 0.1) is 5.69 Å². The summed E-state index contributed by atoms with van der Waals surface area (Å²) in [7, 11) is 2.07. The molecule has 150 valence electrons. The van der Waals surface area contributed by atoms with Gasteiger partial charge < -0.3 is 14.7 Å². The molecule has 0 amide bonds. The highest BCUT2D eigenvalue weighted by molar-refractivity contribution is 5.65. The molecule has 1 aliphatic heterocycles. The fourth-order valence-corrected chi connectivity index (χ4v) is 3.73. The molecule has 0 aliphatic carbocycles. The van der Waals surface area contributed by atoms with Crippen LogP contribution >= 0.6 is 0 Å². The van der Waals surface area contributed by atoms with E-state index in [9.17, 15) is 0 Å². The van der Waals surface area contributed by atoms with Gasteiger partial charge in [0.15, 0.2) is 0 Å². The van der Waals surface area contributed by atoms with E-state index in [2.05, 4.69) is 83.3 Å². The molecule has 0 radical (unpaired) electrons. The molecule has 2 heterocycles. The van der Waals surface area contributed by atoms with Crippen molar-refractivity contribution in [1.82, 2.24) is 14.9 Å². The Morgan fingerprint density at radius 2 is 1.52 bits per heavy atom. The Bertz CT molecular complexity index is 905. The highest BCUT2D eigenvalue weighted by Crippen LogP contribution is 2.26. The highest BCUT2D eigenvalue weighted by Gasteiger charge is 2.19. The number of hydrogen-bond acceptors (Lipinski definition) is 5. The van der Waals surface area contributed by atoms with Crippen LogP contribution in [0, 0.1) is 0 Å². The van der Waals surface area contributed by atoms with Crippen molar-refractivity contribution in [3.05, 3.63) is 72.3 Å². The maximum atomic E-state index is 4.95. The van der Waals surface area contributed by atoms with E-state index in [-0.39, 0.29) is 0 Å². The van der Waals surface area contributed by atoms with Crippen LogP contribution in [0.2, 0.25) is 0 Å². The van der Waals surface area contributed by atoms with Gasteiger partial charge in [-0.2, -0.15) is 4.98 Å². The molecule has 5 nitrogen and oxygen atoms in total. The molecule has 4 rings (SSSR count). The largest absolute Gasteiger partial charge is 0.354 e. The fourth-order valence-electron chi connectivity index (χ4n) is 3.73. The number of aromatic nitrogens is 2. The predicted octanol–water partition coefficient (Wildman–Crippen LogP) is 3.92. The Hall–Kier alpha value is -2.92. The normalized spacial score (nSPS) is 14.8. The van der Waals surface area contributed by atoms with Crippen molar-refractivity contribution >= 4 is 11.8 Å². The van der Waals surface area contributed by atoms with Gasteiger partial charge in [-0.3, -0.25) is 0 Å². The summed E-state index contributed by atoms with van der Waals surface area (Å²) in [5.74, 6) is 1.78. The Balaban J connectivity index is 1.65. The Kier molecular flexibility index (Phi) is 6.06. The maximum absolute atomic E-state index is 4.95. The maximum Gasteiger partial charge on any atom is 0.227 e. The van der Waals surface area contributed by atoms with Crippen molar-refractivity contribution in [2.75, 3.05) is 49.6 Å². The summed E-state index contributed by atoms with van der Waals surface area (Å²) < 4.78 is 0. The molecule has 0 saturated carbocycles. The Labute approximate surface area is 173 Å². The average Bonchev–Trinajstić information content (AvgIpc) is 2.80. The van der Waals surface area contributed by atoms with Crippen molar-refractivity contribution in [3.63, 3.8) is 0 Å². The Morgan fingerprint density at radius 1 is 0.862 bits per heavy atom. The van der Waals surface area contributed by atoms with Crippen LogP contribution in [0.4, 0.5) is 11.8 Å². The van der Waals surface area contributed by atoms with Gasteiger partial charge in [-0.05, 0) is 12.1 Å². The first kappa shape index (κ1) is 19.4. The summed E-state index contributed by atoms with van der Waals surface area (Å²) >= 11 is 0. The first-order valence-corrected chi connectivity index (χ1v) is 10.4. The number of rotatable bonds is 6. The van der Waals surface area contributed by atoms with Crippen molar-refractivity contribution in [1.29, 1.82) is 0 Å². The van der Waals surface area contributed by atoms with E-state index in [0.717, 1.165) is 62.3 Å². The average molecular weight is 388 g/mol. The second-order valence-electron chi connectivity index (χ2n) is 7.54. The smallest absolute Gasteiger partial charge is 0.227 e. The monoisotopic (exact) mass is 387 g/mol. The SMILES string of the molecule is CCN1CCN(c2cc(-c3ccccc3)nc(N(C)Cc3ccccc3)n2)CC1. The van der Waals surface area contributed by atoms with Crippen LogP contribution in [-0.4, -0.2) is 54.6 Å². The standard InChI is InChI=1S/C24H29N5/c1-3-28-14-16-29(17-15-28)23-18-22(21-12-8-5-9-13-21)25-24(26-23)27(2)19-20-10-6-4-7-11-20/h4-13,18H,3,14-17,19H2,1-2H3. The minimum atomic E-state index is 0.767. The van der Waals surface area contributed by atoms with E-state index in [1.54, 1.807) is 0 Å². The van der Waals surface area contributed by atoms with Gasteiger partial charge in [-0.15, -0.1) is 0 Å². The summed E-state index contributed by atoms with van der Waals surface area (Å²) in [4.78, 5) is 16.9. The molecule has 29 heavy (non-hydrogen) atoms. The molecule has 3 aromatic rings. The summed E-state index contributed by atoms with van der Waals surface area (Å²) in [6.45, 7) is 8.28. The molecular formula is C24H29N5. The summed E-state index contributed by atoms with van der Waals surface area (Å²) in [5, 5.41) is 0. The molecule has 5 heteroatoms. The van der Waals surface area contributed by atoms with Crippen molar-refractivity contribution in [3.8, 4) is 11.3 Å². The highest BCUT2D eigenvalue weighted by atomic mass is 15.3. The van der Waals surface area contributed by atoms with Gasteiger partial charge in [0, 0.05) is 51.4 Å². The minimum absolute atomic E-state index is 0.767. The third-order valence-electron chi connectivity index (χ3n) is 5.52. The van der Waals surface area contributed by atoms with Crippen LogP contribution in [0.5, 0.6) is 0 Å². The van der Waals surface area contributed by atoms with Gasteiger partial charge in [0.25, 0.3) is 0 Å². The van der Waals surface area contributed by atoms with Crippen molar-refractivity contribution in [2.45, 2.75) is 13.5 Å². The third kappa shape index (κ3) is 4.74. The number of hydrogen-bond donors (Lipinski definition) is 0. The van der Waals surface area contributed by atoms with E-state index in [0.29, 0.717) is 0 Å². The molecule has 1 aromatic heterocycles. The quantitative estimate of drug-likeness (QED) is 0.641. The molecule has 1 saturated heterocycles. The van der Waals surface area contributed by atoms with Gasteiger partial charge in [-0.1, -0.05) is 67.6 Å². The van der Waals surface area contributed by atoms with Gasteiger partial charge >= 0.3 is 0 Å². The summed E-state index contributed by atoms with van der Waals surface area (Å²) in [6.07, 6.45) is 0. The minimum Gasteiger partial charge on any atom is -0.354 e. The molecule has 0 unspecified atom stereocenters. The second kappa shape index (κ2) is 9.05. The summed E-state index contributed by atoms with van der Waals surface area (Å²) in [6, 6.07) is 23.0. The van der Waals surface area contributed by atoms with Gasteiger partial charge in [0.1, 0.15) is 5.82 Å². The van der Waals surface area contributed by atoms with Crippen molar-refractivity contribution in [2.24, 2.45) is 0 Å². The zero-order valence-electron chi connectivity index (χ0n) is 17.3. The lowest BCUT2D eigenvalue weighted by Crippen LogP contribution is -2.46. The van der Waals surface area contributed by atoms with Crippen molar-refractivity contribution < 1.29 is 0 Å². The van der Waals surface area contributed by atoms with Crippen LogP contribution in [-0.2, 0) is 6.54 Å². The van der Waals surface area contributed by atoms with Gasteiger partial charge in [-0.25, -0.2) is 4.98 Å². The van der Waals surface area contributed by atoms with E-state index >= 15 is 0 Å². The first-order valence-electron chi connectivity index (χ1n) is 10.4. The lowest BCUT2D eigenvalue weighted by atomic mass is 10.1. The topological polar surface area (TPSA) is 35.5 Å². The van der Waals surface area contributed by atoms with Crippen LogP contribution in [0.3, 0.4) is 0 Å². The predicted molar refractivity (Wildman–Crippen MR) is 120 cm³/mol. The second-order valence-corrected chi connectivity index (χ2v) is 7.54. The molecular weight excluding hydrogens is 358 g/mol. The van der Waals surface area contributed by atoms with Crippen LogP contribution in [0.25, 0.3) is 11.3 Å². The number of likely N-dealkylation sites (N-methyl/N-ethyl adjacent to an activating group) is 1.